The molecule has 12 nitrogen and oxygen atoms in total. The van der Waals surface area contributed by atoms with Gasteiger partial charge in [0.05, 0.1) is 18.4 Å². The Kier molecular flexibility index (Phi) is 7.73. The van der Waals surface area contributed by atoms with Gasteiger partial charge in [0.15, 0.2) is 12.3 Å². The summed E-state index contributed by atoms with van der Waals surface area (Å²) in [5, 5.41) is 20.6. The molecule has 43 heavy (non-hydrogen) atoms. The third kappa shape index (κ3) is 5.95. The highest BCUT2D eigenvalue weighted by Gasteiger charge is 2.29. The first kappa shape index (κ1) is 27.5. The average Bonchev–Trinajstić information content (AvgIpc) is 3.72. The summed E-state index contributed by atoms with van der Waals surface area (Å²) in [5.41, 5.74) is 2.96. The van der Waals surface area contributed by atoms with Gasteiger partial charge in [0, 0.05) is 19.2 Å². The molecular formula is C31H37N9O3. The van der Waals surface area contributed by atoms with Crippen molar-refractivity contribution in [2.24, 2.45) is 11.8 Å². The summed E-state index contributed by atoms with van der Waals surface area (Å²) >= 11 is 0. The number of amides is 2. The molecule has 1 N–H and O–H groups in total. The molecule has 4 aromatic rings. The minimum Gasteiger partial charge on any atom is -0.482 e. The van der Waals surface area contributed by atoms with Crippen LogP contribution in [-0.2, 0) is 17.9 Å². The number of tetrazole rings is 1. The third-order valence-corrected chi connectivity index (χ3v) is 9.01. The van der Waals surface area contributed by atoms with E-state index in [2.05, 4.69) is 30.8 Å². The van der Waals surface area contributed by atoms with Crippen LogP contribution >= 0.6 is 0 Å². The minimum atomic E-state index is -0.330. The number of anilines is 1. The summed E-state index contributed by atoms with van der Waals surface area (Å²) in [4.78, 5) is 34.2. The lowest BCUT2D eigenvalue weighted by molar-refractivity contribution is -0.121. The Balaban J connectivity index is 1.07. The highest BCUT2D eigenvalue weighted by Crippen LogP contribution is 2.35. The fourth-order valence-corrected chi connectivity index (χ4v) is 6.67. The van der Waals surface area contributed by atoms with Gasteiger partial charge in [-0.25, -0.2) is 9.50 Å². The molecule has 0 bridgehead atoms. The van der Waals surface area contributed by atoms with Crippen molar-refractivity contribution in [3.63, 3.8) is 0 Å². The van der Waals surface area contributed by atoms with Gasteiger partial charge in [-0.15, -0.1) is 10.2 Å². The topological polar surface area (TPSA) is 132 Å². The molecule has 0 radical (unpaired) electrons. The van der Waals surface area contributed by atoms with Crippen molar-refractivity contribution in [2.45, 2.75) is 77.3 Å². The van der Waals surface area contributed by atoms with E-state index in [1.54, 1.807) is 27.6 Å². The summed E-state index contributed by atoms with van der Waals surface area (Å²) < 4.78 is 7.35. The van der Waals surface area contributed by atoms with Crippen LogP contribution in [0.5, 0.6) is 5.75 Å². The van der Waals surface area contributed by atoms with E-state index in [9.17, 15) is 9.59 Å². The van der Waals surface area contributed by atoms with Crippen LogP contribution in [-0.4, -0.2) is 59.8 Å². The van der Waals surface area contributed by atoms with Crippen molar-refractivity contribution in [1.82, 2.24) is 40.1 Å². The summed E-state index contributed by atoms with van der Waals surface area (Å²) in [5.74, 6) is 1.82. The van der Waals surface area contributed by atoms with E-state index in [4.69, 9.17) is 4.74 Å². The predicted molar refractivity (Wildman–Crippen MR) is 158 cm³/mol. The summed E-state index contributed by atoms with van der Waals surface area (Å²) in [6.45, 7) is 1.78. The van der Waals surface area contributed by atoms with E-state index in [-0.39, 0.29) is 30.7 Å². The highest BCUT2D eigenvalue weighted by atomic mass is 16.5. The first-order valence-corrected chi connectivity index (χ1v) is 15.6. The quantitative estimate of drug-likeness (QED) is 0.326. The molecule has 1 aromatic carbocycles. The second-order valence-electron chi connectivity index (χ2n) is 12.1. The first-order chi connectivity index (χ1) is 21.1. The van der Waals surface area contributed by atoms with Crippen molar-refractivity contribution in [1.29, 1.82) is 0 Å². The lowest BCUT2D eigenvalue weighted by atomic mass is 9.88. The van der Waals surface area contributed by atoms with E-state index < -0.39 is 0 Å². The van der Waals surface area contributed by atoms with Crippen LogP contribution in [0.15, 0.2) is 36.5 Å². The van der Waals surface area contributed by atoms with Gasteiger partial charge < -0.3 is 15.0 Å². The van der Waals surface area contributed by atoms with Gasteiger partial charge in [0.1, 0.15) is 17.1 Å². The van der Waals surface area contributed by atoms with Crippen LogP contribution in [0.2, 0.25) is 0 Å². The molecule has 12 heteroatoms. The van der Waals surface area contributed by atoms with Gasteiger partial charge in [-0.3, -0.25) is 9.59 Å². The van der Waals surface area contributed by atoms with E-state index >= 15 is 0 Å². The molecule has 3 aromatic heterocycles. The average molecular weight is 584 g/mol. The van der Waals surface area contributed by atoms with Crippen molar-refractivity contribution < 1.29 is 14.3 Å². The lowest BCUT2D eigenvalue weighted by Gasteiger charge is -2.34. The smallest absolute Gasteiger partial charge is 0.270 e. The Morgan fingerprint density at radius 3 is 2.51 bits per heavy atom. The van der Waals surface area contributed by atoms with Crippen molar-refractivity contribution in [3.05, 3.63) is 47.8 Å². The molecule has 0 atom stereocenters. The minimum absolute atomic E-state index is 0.0191. The number of benzene rings is 1. The van der Waals surface area contributed by atoms with Crippen molar-refractivity contribution >= 4 is 23.1 Å². The standard InChI is InChI=1S/C31H37N9O3/c41-29-20-43-27-12-11-23(15-25(27)38(29)18-21-7-3-1-4-8-21)17-32-31(42)24-16-26(40-28(34-24)13-14-33-40)30-35-37-39(36-30)19-22-9-5-2-6-10-22/h11-16,21-22H,1-10,17-20H2,(H,32,42). The van der Waals surface area contributed by atoms with Crippen LogP contribution in [0.4, 0.5) is 5.69 Å². The Bertz CT molecular complexity index is 1620. The monoisotopic (exact) mass is 583 g/mol. The number of fused-ring (bicyclic) bond motifs is 2. The molecule has 0 saturated heterocycles. The largest absolute Gasteiger partial charge is 0.482 e. The Morgan fingerprint density at radius 1 is 0.953 bits per heavy atom. The molecule has 7 rings (SSSR count). The van der Waals surface area contributed by atoms with Gasteiger partial charge >= 0.3 is 0 Å². The maximum Gasteiger partial charge on any atom is 0.270 e. The highest BCUT2D eigenvalue weighted by molar-refractivity contribution is 5.98. The van der Waals surface area contributed by atoms with Gasteiger partial charge in [-0.1, -0.05) is 44.6 Å². The van der Waals surface area contributed by atoms with Crippen LogP contribution in [0.3, 0.4) is 0 Å². The first-order valence-electron chi connectivity index (χ1n) is 15.6. The van der Waals surface area contributed by atoms with E-state index in [0.29, 0.717) is 41.3 Å². The summed E-state index contributed by atoms with van der Waals surface area (Å²) in [6.07, 6.45) is 13.8. The molecule has 224 valence electrons. The van der Waals surface area contributed by atoms with E-state index in [1.165, 1.54) is 51.4 Å². The molecular weight excluding hydrogens is 546 g/mol. The second kappa shape index (κ2) is 12.1. The molecule has 2 aliphatic carbocycles. The van der Waals surface area contributed by atoms with Crippen LogP contribution in [0.1, 0.15) is 80.3 Å². The summed E-state index contributed by atoms with van der Waals surface area (Å²) in [6, 6.07) is 9.15. The second-order valence-corrected chi connectivity index (χ2v) is 12.1. The summed E-state index contributed by atoms with van der Waals surface area (Å²) in [7, 11) is 0. The number of hydrogen-bond donors (Lipinski definition) is 1. The van der Waals surface area contributed by atoms with Crippen molar-refractivity contribution in [2.75, 3.05) is 18.1 Å². The molecule has 3 aliphatic rings. The number of carbonyl (C=O) groups is 2. The zero-order valence-electron chi connectivity index (χ0n) is 24.3. The van der Waals surface area contributed by atoms with Gasteiger partial charge in [0.25, 0.3) is 11.8 Å². The molecule has 0 spiro atoms. The van der Waals surface area contributed by atoms with Crippen LogP contribution < -0.4 is 15.0 Å². The third-order valence-electron chi connectivity index (χ3n) is 9.01. The maximum absolute atomic E-state index is 13.3. The number of nitrogens with zero attached hydrogens (tertiary/aromatic N) is 8. The molecule has 0 unspecified atom stereocenters. The molecule has 2 amide bonds. The Labute approximate surface area is 249 Å². The maximum atomic E-state index is 13.3. The number of nitrogens with one attached hydrogen (secondary N) is 1. The van der Waals surface area contributed by atoms with Gasteiger partial charge in [0.2, 0.25) is 5.82 Å². The lowest BCUT2D eigenvalue weighted by Crippen LogP contribution is -2.42. The predicted octanol–water partition coefficient (Wildman–Crippen LogP) is 4.20. The van der Waals surface area contributed by atoms with Gasteiger partial charge in [-0.2, -0.15) is 9.90 Å². The normalized spacial score (nSPS) is 18.0. The number of ether oxygens (including phenoxy) is 1. The number of hydrogen-bond acceptors (Lipinski definition) is 8. The Hall–Kier alpha value is -4.35. The molecule has 4 heterocycles. The van der Waals surface area contributed by atoms with E-state index in [1.807, 2.05) is 23.1 Å². The van der Waals surface area contributed by atoms with Crippen LogP contribution in [0, 0.1) is 11.8 Å². The molecule has 2 saturated carbocycles. The molecule has 1 aliphatic heterocycles. The van der Waals surface area contributed by atoms with Crippen molar-refractivity contribution in [3.8, 4) is 17.3 Å². The van der Waals surface area contributed by atoms with Gasteiger partial charge in [-0.05, 0) is 66.5 Å². The van der Waals surface area contributed by atoms with E-state index in [0.717, 1.165) is 30.6 Å². The zero-order chi connectivity index (χ0) is 29.2. The van der Waals surface area contributed by atoms with Crippen LogP contribution in [0.25, 0.3) is 17.2 Å². The SMILES string of the molecule is O=C(NCc1ccc2c(c1)N(CC1CCCCC1)C(=O)CO2)c1cc(-c2nnn(CC3CCCCC3)n2)n2nccc2n1. The number of aromatic nitrogens is 7. The number of rotatable bonds is 8. The number of carbonyl (C=O) groups excluding carboxylic acids is 2. The fraction of sp³-hybridized carbons (Fsp3) is 0.516. The Morgan fingerprint density at radius 2 is 1.72 bits per heavy atom. The zero-order valence-corrected chi connectivity index (χ0v) is 24.3. The molecule has 2 fully saturated rings. The fourth-order valence-electron chi connectivity index (χ4n) is 6.67.